The third-order valence-electron chi connectivity index (χ3n) is 5.40. The fourth-order valence-electron chi connectivity index (χ4n) is 3.66. The van der Waals surface area contributed by atoms with Crippen LogP contribution in [0.5, 0.6) is 11.5 Å². The molecule has 0 saturated heterocycles. The molecule has 0 heterocycles. The number of aryl methyl sites for hydroxylation is 1. The Morgan fingerprint density at radius 3 is 2.41 bits per heavy atom. The Kier molecular flexibility index (Phi) is 7.37. The molecule has 0 fully saturated rings. The van der Waals surface area contributed by atoms with Crippen LogP contribution in [0.4, 0.5) is 17.1 Å². The fourth-order valence-corrected chi connectivity index (χ4v) is 5.09. The van der Waals surface area contributed by atoms with Crippen LogP contribution in [-0.4, -0.2) is 31.1 Å². The van der Waals surface area contributed by atoms with Gasteiger partial charge in [0.1, 0.15) is 22.0 Å². The lowest BCUT2D eigenvalue weighted by atomic mass is 10.0. The van der Waals surface area contributed by atoms with Crippen molar-refractivity contribution in [3.05, 3.63) is 81.8 Å². The summed E-state index contributed by atoms with van der Waals surface area (Å²) >= 11 is 12.1. The number of carbonyl (C=O) groups is 1. The van der Waals surface area contributed by atoms with Gasteiger partial charge in [0, 0.05) is 22.2 Å². The molecule has 0 unspecified atom stereocenters. The number of benzene rings is 4. The smallest absolute Gasteiger partial charge is 0.298 e. The predicted octanol–water partition coefficient (Wildman–Crippen LogP) is 7.08. The molecular weight excluding hydrogens is 541 g/mol. The summed E-state index contributed by atoms with van der Waals surface area (Å²) in [6.45, 7) is 1.56. The number of hydrogen-bond donors (Lipinski definition) is 3. The number of anilines is 1. The Balaban J connectivity index is 1.85. The molecule has 0 bridgehead atoms. The van der Waals surface area contributed by atoms with Crippen molar-refractivity contribution >= 4 is 67.1 Å². The molecule has 1 amide bonds. The summed E-state index contributed by atoms with van der Waals surface area (Å²) in [5, 5.41) is 22.9. The van der Waals surface area contributed by atoms with E-state index in [1.54, 1.807) is 43.3 Å². The molecular formula is C25H19Cl2N3O6S. The first kappa shape index (κ1) is 26.4. The number of hydrogen-bond acceptors (Lipinski definition) is 7. The molecule has 190 valence electrons. The van der Waals surface area contributed by atoms with Crippen molar-refractivity contribution in [2.75, 3.05) is 12.4 Å². The Hall–Kier alpha value is -3.70. The van der Waals surface area contributed by atoms with Gasteiger partial charge in [0.25, 0.3) is 16.0 Å². The van der Waals surface area contributed by atoms with Gasteiger partial charge in [-0.05, 0) is 42.1 Å². The molecule has 0 aliphatic rings. The van der Waals surface area contributed by atoms with Gasteiger partial charge in [-0.2, -0.15) is 8.42 Å². The summed E-state index contributed by atoms with van der Waals surface area (Å²) in [6.07, 6.45) is 0. The second kappa shape index (κ2) is 10.3. The van der Waals surface area contributed by atoms with Gasteiger partial charge in [-0.15, -0.1) is 10.2 Å². The van der Waals surface area contributed by atoms with Crippen LogP contribution in [0.25, 0.3) is 10.8 Å². The number of phenolic OH excluding ortho intramolecular Hbond substituents is 1. The van der Waals surface area contributed by atoms with Gasteiger partial charge in [0.15, 0.2) is 5.75 Å². The monoisotopic (exact) mass is 559 g/mol. The van der Waals surface area contributed by atoms with Crippen molar-refractivity contribution in [1.29, 1.82) is 0 Å². The average molecular weight is 560 g/mol. The number of nitrogens with zero attached hydrogens (tertiary/aromatic N) is 2. The molecule has 0 radical (unpaired) electrons. The quantitative estimate of drug-likeness (QED) is 0.170. The summed E-state index contributed by atoms with van der Waals surface area (Å²) in [4.78, 5) is 12.5. The Morgan fingerprint density at radius 2 is 1.70 bits per heavy atom. The van der Waals surface area contributed by atoms with Crippen LogP contribution in [0.3, 0.4) is 0 Å². The second-order valence-corrected chi connectivity index (χ2v) is 10.1. The van der Waals surface area contributed by atoms with Gasteiger partial charge in [0.05, 0.1) is 17.7 Å². The van der Waals surface area contributed by atoms with E-state index in [1.807, 2.05) is 0 Å². The van der Waals surface area contributed by atoms with E-state index in [1.165, 1.54) is 31.4 Å². The molecule has 9 nitrogen and oxygen atoms in total. The summed E-state index contributed by atoms with van der Waals surface area (Å²) in [5.41, 5.74) is 0.266. The number of azo groups is 1. The highest BCUT2D eigenvalue weighted by atomic mass is 35.5. The highest BCUT2D eigenvalue weighted by Crippen LogP contribution is 2.41. The maximum absolute atomic E-state index is 13.1. The zero-order chi connectivity index (χ0) is 26.9. The molecule has 0 aliphatic carbocycles. The molecule has 3 N–H and O–H groups in total. The Labute approximate surface area is 222 Å². The number of phenols is 1. The minimum absolute atomic E-state index is 0.0902. The SMILES string of the molecule is COc1cc(Cl)cc(NC(=O)c2cc3ccccc3c(N=Nc3c(C)ccc(Cl)c3S(=O)(=O)O)c2O)c1. The van der Waals surface area contributed by atoms with Crippen molar-refractivity contribution < 1.29 is 27.6 Å². The number of methoxy groups -OCH3 is 1. The number of ether oxygens (including phenoxy) is 1. The normalized spacial score (nSPS) is 11.7. The first-order valence-corrected chi connectivity index (χ1v) is 12.8. The van der Waals surface area contributed by atoms with E-state index in [4.69, 9.17) is 27.9 Å². The van der Waals surface area contributed by atoms with Crippen molar-refractivity contribution in [2.45, 2.75) is 11.8 Å². The van der Waals surface area contributed by atoms with Gasteiger partial charge in [0.2, 0.25) is 0 Å². The maximum Gasteiger partial charge on any atom is 0.298 e. The van der Waals surface area contributed by atoms with E-state index in [9.17, 15) is 22.9 Å². The number of aromatic hydroxyl groups is 1. The second-order valence-electron chi connectivity index (χ2n) is 7.89. The summed E-state index contributed by atoms with van der Waals surface area (Å²) in [5.74, 6) is -0.741. The van der Waals surface area contributed by atoms with Crippen molar-refractivity contribution in [1.82, 2.24) is 0 Å². The van der Waals surface area contributed by atoms with Crippen LogP contribution < -0.4 is 10.1 Å². The largest absolute Gasteiger partial charge is 0.505 e. The van der Waals surface area contributed by atoms with Gasteiger partial charge in [-0.1, -0.05) is 53.5 Å². The highest BCUT2D eigenvalue weighted by molar-refractivity contribution is 7.86. The third-order valence-corrected chi connectivity index (χ3v) is 6.97. The molecule has 4 rings (SSSR count). The molecule has 0 aliphatic heterocycles. The average Bonchev–Trinajstić information content (AvgIpc) is 2.83. The molecule has 0 atom stereocenters. The summed E-state index contributed by atoms with van der Waals surface area (Å²) in [6, 6.07) is 15.7. The van der Waals surface area contributed by atoms with Gasteiger partial charge in [-0.3, -0.25) is 9.35 Å². The molecule has 0 saturated carbocycles. The van der Waals surface area contributed by atoms with Crippen molar-refractivity contribution in [3.8, 4) is 11.5 Å². The van der Waals surface area contributed by atoms with E-state index >= 15 is 0 Å². The standard InChI is InChI=1S/C25H19Cl2N3O6S/c1-13-7-8-20(27)24(37(33,34)35)21(13)29-30-22-18-6-4-3-5-14(18)9-19(23(22)31)25(32)28-16-10-15(26)11-17(12-16)36-2/h3-12,31H,1-2H3,(H,28,32)(H,33,34,35). The fraction of sp³-hybridized carbons (Fsp3) is 0.0800. The lowest BCUT2D eigenvalue weighted by Crippen LogP contribution is -2.12. The summed E-state index contributed by atoms with van der Waals surface area (Å²) in [7, 11) is -3.29. The number of rotatable bonds is 6. The Bertz CT molecular complexity index is 1690. The van der Waals surface area contributed by atoms with Crippen LogP contribution >= 0.6 is 23.2 Å². The number of fused-ring (bicyclic) bond motifs is 1. The molecule has 4 aromatic carbocycles. The van der Waals surface area contributed by atoms with Crippen LogP contribution in [-0.2, 0) is 10.1 Å². The zero-order valence-electron chi connectivity index (χ0n) is 19.4. The first-order chi connectivity index (χ1) is 17.5. The van der Waals surface area contributed by atoms with Crippen LogP contribution in [0, 0.1) is 6.92 Å². The molecule has 37 heavy (non-hydrogen) atoms. The van der Waals surface area contributed by atoms with Gasteiger partial charge >= 0.3 is 0 Å². The topological polar surface area (TPSA) is 138 Å². The van der Waals surface area contributed by atoms with E-state index in [2.05, 4.69) is 15.5 Å². The molecule has 0 aromatic heterocycles. The van der Waals surface area contributed by atoms with Crippen molar-refractivity contribution in [3.63, 3.8) is 0 Å². The number of amides is 1. The van der Waals surface area contributed by atoms with Gasteiger partial charge in [-0.25, -0.2) is 0 Å². The minimum Gasteiger partial charge on any atom is -0.505 e. The minimum atomic E-state index is -4.74. The zero-order valence-corrected chi connectivity index (χ0v) is 21.7. The summed E-state index contributed by atoms with van der Waals surface area (Å²) < 4.78 is 38.8. The van der Waals surface area contributed by atoms with Crippen LogP contribution in [0.15, 0.2) is 75.8 Å². The first-order valence-electron chi connectivity index (χ1n) is 10.6. The van der Waals surface area contributed by atoms with Crippen molar-refractivity contribution in [2.24, 2.45) is 10.2 Å². The third kappa shape index (κ3) is 5.52. The van der Waals surface area contributed by atoms with Crippen LogP contribution in [0.1, 0.15) is 15.9 Å². The Morgan fingerprint density at radius 1 is 1.00 bits per heavy atom. The molecule has 0 spiro atoms. The van der Waals surface area contributed by atoms with Crippen LogP contribution in [0.2, 0.25) is 10.0 Å². The lowest BCUT2D eigenvalue weighted by Gasteiger charge is -2.12. The molecule has 12 heteroatoms. The maximum atomic E-state index is 13.1. The highest BCUT2D eigenvalue weighted by Gasteiger charge is 2.23. The van der Waals surface area contributed by atoms with E-state index in [0.717, 1.165) is 0 Å². The van der Waals surface area contributed by atoms with E-state index < -0.39 is 26.7 Å². The molecule has 4 aromatic rings. The predicted molar refractivity (Wildman–Crippen MR) is 142 cm³/mol. The lowest BCUT2D eigenvalue weighted by molar-refractivity contribution is 0.102. The number of nitrogens with one attached hydrogen (secondary N) is 1. The van der Waals surface area contributed by atoms with Gasteiger partial charge < -0.3 is 15.2 Å². The van der Waals surface area contributed by atoms with E-state index in [-0.39, 0.29) is 22.0 Å². The van der Waals surface area contributed by atoms with E-state index in [0.29, 0.717) is 32.8 Å². The number of carbonyl (C=O) groups excluding carboxylic acids is 1. The number of halogens is 2.